The van der Waals surface area contributed by atoms with Gasteiger partial charge in [-0.25, -0.2) is 13.1 Å². The number of rotatable bonds is 4. The van der Waals surface area contributed by atoms with Gasteiger partial charge in [0.2, 0.25) is 0 Å². The van der Waals surface area contributed by atoms with Crippen LogP contribution in [0.2, 0.25) is 0 Å². The average Bonchev–Trinajstić information content (AvgIpc) is 3.14. The normalized spacial score (nSPS) is 14.4. The van der Waals surface area contributed by atoms with Crippen molar-refractivity contribution in [1.82, 2.24) is 9.78 Å². The van der Waals surface area contributed by atoms with Gasteiger partial charge >= 0.3 is 0 Å². The fraction of sp³-hybridized carbons (Fsp3) is 0.111. The van der Waals surface area contributed by atoms with E-state index in [1.54, 1.807) is 24.3 Å². The number of carbonyl (C=O) groups excluding carboxylic acids is 1. The largest absolute Gasteiger partial charge is 0.306 e. The van der Waals surface area contributed by atoms with Crippen LogP contribution in [-0.2, 0) is 21.3 Å². The number of nitro benzene ring substituents is 1. The summed E-state index contributed by atoms with van der Waals surface area (Å²) in [6.45, 7) is 0. The molecule has 0 bridgehead atoms. The van der Waals surface area contributed by atoms with Crippen LogP contribution in [-0.4, -0.2) is 29.0 Å². The van der Waals surface area contributed by atoms with Gasteiger partial charge in [0.25, 0.3) is 11.6 Å². The van der Waals surface area contributed by atoms with Gasteiger partial charge in [-0.2, -0.15) is 5.10 Å². The van der Waals surface area contributed by atoms with Gasteiger partial charge in [0.05, 0.1) is 27.8 Å². The molecule has 0 spiro atoms. The van der Waals surface area contributed by atoms with E-state index in [1.807, 2.05) is 0 Å². The van der Waals surface area contributed by atoms with Crippen LogP contribution in [0.4, 0.5) is 11.5 Å². The quantitative estimate of drug-likeness (QED) is 0.455. The highest BCUT2D eigenvalue weighted by Gasteiger charge is 2.33. The van der Waals surface area contributed by atoms with E-state index in [4.69, 9.17) is 0 Å². The third-order valence-corrected chi connectivity index (χ3v) is 6.35. The number of halogens is 1. The van der Waals surface area contributed by atoms with Crippen molar-refractivity contribution in [2.24, 2.45) is 0 Å². The van der Waals surface area contributed by atoms with Crippen LogP contribution in [0.3, 0.4) is 0 Å². The molecule has 2 heterocycles. The number of hydrogen-bond donors (Lipinski definition) is 1. The first kappa shape index (κ1) is 19.3. The zero-order chi connectivity index (χ0) is 20.8. The van der Waals surface area contributed by atoms with E-state index in [0.29, 0.717) is 22.5 Å². The number of sulfone groups is 1. The summed E-state index contributed by atoms with van der Waals surface area (Å²) >= 11 is 3.31. The van der Waals surface area contributed by atoms with E-state index in [0.717, 1.165) is 4.47 Å². The molecule has 0 saturated heterocycles. The van der Waals surface area contributed by atoms with Crippen LogP contribution in [0.15, 0.2) is 53.0 Å². The molecule has 3 aromatic rings. The van der Waals surface area contributed by atoms with Crippen LogP contribution in [0.1, 0.15) is 21.6 Å². The van der Waals surface area contributed by atoms with Crippen molar-refractivity contribution in [1.29, 1.82) is 0 Å². The number of nitro groups is 1. The standard InChI is InChI=1S/C18H13BrN4O5S/c19-12-3-1-2-11(8-12)18(24)20-17-15-9-29(27,28)10-16(15)21-22(17)13-4-6-14(7-5-13)23(25)26/h1-8H,9-10H2,(H,20,24). The SMILES string of the molecule is O=C(Nc1c2c(nn1-c1ccc([N+](=O)[O-])cc1)CS(=O)(=O)C2)c1cccc(Br)c1. The Morgan fingerprint density at radius 2 is 1.90 bits per heavy atom. The van der Waals surface area contributed by atoms with E-state index >= 15 is 0 Å². The molecule has 1 amide bonds. The molecule has 0 radical (unpaired) electrons. The van der Waals surface area contributed by atoms with Gasteiger partial charge in [0.1, 0.15) is 5.82 Å². The molecule has 29 heavy (non-hydrogen) atoms. The van der Waals surface area contributed by atoms with Gasteiger partial charge in [-0.3, -0.25) is 14.9 Å². The summed E-state index contributed by atoms with van der Waals surface area (Å²) < 4.78 is 26.2. The van der Waals surface area contributed by atoms with E-state index in [9.17, 15) is 23.3 Å². The van der Waals surface area contributed by atoms with Crippen LogP contribution in [0.25, 0.3) is 5.69 Å². The van der Waals surface area contributed by atoms with Crippen molar-refractivity contribution >= 4 is 43.2 Å². The molecule has 4 rings (SSSR count). The molecule has 0 fully saturated rings. The second kappa shape index (κ2) is 7.08. The molecule has 0 atom stereocenters. The van der Waals surface area contributed by atoms with Crippen molar-refractivity contribution in [3.63, 3.8) is 0 Å². The molecule has 1 N–H and O–H groups in total. The summed E-state index contributed by atoms with van der Waals surface area (Å²) in [6, 6.07) is 12.4. The monoisotopic (exact) mass is 476 g/mol. The molecule has 1 aliphatic rings. The second-order valence-corrected chi connectivity index (χ2v) is 9.44. The van der Waals surface area contributed by atoms with Crippen molar-refractivity contribution in [2.45, 2.75) is 11.5 Å². The summed E-state index contributed by atoms with van der Waals surface area (Å²) in [5.74, 6) is -0.646. The number of benzene rings is 2. The van der Waals surface area contributed by atoms with Crippen molar-refractivity contribution in [3.8, 4) is 5.69 Å². The first-order valence-electron chi connectivity index (χ1n) is 8.36. The highest BCUT2D eigenvalue weighted by Crippen LogP contribution is 2.33. The van der Waals surface area contributed by atoms with Crippen molar-refractivity contribution in [3.05, 3.63) is 79.9 Å². The fourth-order valence-corrected chi connectivity index (χ4v) is 4.98. The third-order valence-electron chi connectivity index (χ3n) is 4.41. The minimum absolute atomic E-state index is 0.0873. The van der Waals surface area contributed by atoms with Gasteiger partial charge < -0.3 is 5.32 Å². The molecule has 148 valence electrons. The topological polar surface area (TPSA) is 124 Å². The number of nitrogens with zero attached hydrogens (tertiary/aromatic N) is 3. The third kappa shape index (κ3) is 3.78. The minimum atomic E-state index is -3.33. The molecule has 0 unspecified atom stereocenters. The number of fused-ring (bicyclic) bond motifs is 1. The first-order chi connectivity index (χ1) is 13.7. The summed E-state index contributed by atoms with van der Waals surface area (Å²) in [6.07, 6.45) is 0. The Morgan fingerprint density at radius 3 is 2.55 bits per heavy atom. The number of amides is 1. The Kier molecular flexibility index (Phi) is 4.71. The highest BCUT2D eigenvalue weighted by atomic mass is 79.9. The van der Waals surface area contributed by atoms with Crippen molar-refractivity contribution < 1.29 is 18.1 Å². The van der Waals surface area contributed by atoms with Crippen LogP contribution >= 0.6 is 15.9 Å². The summed E-state index contributed by atoms with van der Waals surface area (Å²) in [5, 5.41) is 18.0. The second-order valence-electron chi connectivity index (χ2n) is 6.46. The van der Waals surface area contributed by atoms with Gasteiger partial charge in [-0.15, -0.1) is 0 Å². The maximum atomic E-state index is 12.7. The maximum Gasteiger partial charge on any atom is 0.269 e. The molecule has 2 aromatic carbocycles. The Balaban J connectivity index is 1.77. The highest BCUT2D eigenvalue weighted by molar-refractivity contribution is 9.10. The minimum Gasteiger partial charge on any atom is -0.306 e. The molecule has 0 saturated carbocycles. The van der Waals surface area contributed by atoms with E-state index in [1.165, 1.54) is 28.9 Å². The van der Waals surface area contributed by atoms with Crippen LogP contribution in [0.5, 0.6) is 0 Å². The summed E-state index contributed by atoms with van der Waals surface area (Å²) in [4.78, 5) is 23.1. The fourth-order valence-electron chi connectivity index (χ4n) is 3.08. The van der Waals surface area contributed by atoms with Crippen molar-refractivity contribution in [2.75, 3.05) is 5.32 Å². The number of nitrogens with one attached hydrogen (secondary N) is 1. The lowest BCUT2D eigenvalue weighted by atomic mass is 10.2. The molecule has 0 aliphatic carbocycles. The smallest absolute Gasteiger partial charge is 0.269 e. The first-order valence-corrected chi connectivity index (χ1v) is 11.0. The Morgan fingerprint density at radius 1 is 1.17 bits per heavy atom. The molecule has 9 nitrogen and oxygen atoms in total. The Labute approximate surface area is 173 Å². The number of hydrogen-bond acceptors (Lipinski definition) is 6. The molecule has 11 heteroatoms. The predicted octanol–water partition coefficient (Wildman–Crippen LogP) is 3.22. The maximum absolute atomic E-state index is 12.7. The molecule has 1 aromatic heterocycles. The Bertz CT molecular complexity index is 1250. The van der Waals surface area contributed by atoms with Crippen LogP contribution < -0.4 is 5.32 Å². The predicted molar refractivity (Wildman–Crippen MR) is 109 cm³/mol. The molecule has 1 aliphatic heterocycles. The van der Waals surface area contributed by atoms with Gasteiger partial charge in [0, 0.05) is 27.7 Å². The van der Waals surface area contributed by atoms with E-state index in [2.05, 4.69) is 26.3 Å². The molecular weight excluding hydrogens is 464 g/mol. The molecular formula is C18H13BrN4O5S. The number of anilines is 1. The number of carbonyl (C=O) groups is 1. The average molecular weight is 477 g/mol. The summed E-state index contributed by atoms with van der Waals surface area (Å²) in [5.41, 5.74) is 1.53. The van der Waals surface area contributed by atoms with Crippen LogP contribution in [0, 0.1) is 10.1 Å². The lowest BCUT2D eigenvalue weighted by Gasteiger charge is -2.11. The number of non-ortho nitro benzene ring substituents is 1. The van der Waals surface area contributed by atoms with Gasteiger partial charge in [-0.05, 0) is 30.3 Å². The lowest BCUT2D eigenvalue weighted by molar-refractivity contribution is -0.384. The zero-order valence-corrected chi connectivity index (χ0v) is 17.1. The lowest BCUT2D eigenvalue weighted by Crippen LogP contribution is -2.17. The number of aromatic nitrogens is 2. The van der Waals surface area contributed by atoms with E-state index < -0.39 is 20.7 Å². The Hall–Kier alpha value is -3.05. The van der Waals surface area contributed by atoms with Gasteiger partial charge in [0.15, 0.2) is 9.84 Å². The zero-order valence-electron chi connectivity index (χ0n) is 14.7. The van der Waals surface area contributed by atoms with Gasteiger partial charge in [-0.1, -0.05) is 22.0 Å². The van der Waals surface area contributed by atoms with E-state index in [-0.39, 0.29) is 23.0 Å². The summed E-state index contributed by atoms with van der Waals surface area (Å²) in [7, 11) is -3.33.